The van der Waals surface area contributed by atoms with Crippen LogP contribution in [0.4, 0.5) is 4.39 Å². The minimum Gasteiger partial charge on any atom is -0.327 e. The average Bonchev–Trinajstić information content (AvgIpc) is 2.48. The summed E-state index contributed by atoms with van der Waals surface area (Å²) < 4.78 is 15.2. The van der Waals surface area contributed by atoms with E-state index in [1.54, 1.807) is 12.1 Å². The molecule has 1 nitrogen and oxygen atoms in total. The van der Waals surface area contributed by atoms with Crippen LogP contribution in [-0.4, -0.2) is 6.54 Å². The summed E-state index contributed by atoms with van der Waals surface area (Å²) in [4.78, 5) is 0.609. The van der Waals surface area contributed by atoms with Gasteiger partial charge in [0.15, 0.2) is 5.67 Å². The zero-order valence-electron chi connectivity index (χ0n) is 8.60. The normalized spacial score (nSPS) is 16.7. The lowest BCUT2D eigenvalue weighted by atomic mass is 9.77. The van der Waals surface area contributed by atoms with Gasteiger partial charge in [-0.3, -0.25) is 0 Å². The fraction of sp³-hybridized carbons (Fsp3) is 0.600. The maximum absolute atomic E-state index is 14.6. The topological polar surface area (TPSA) is 26.0 Å². The molecule has 0 aliphatic carbocycles. The SMILES string of the molecule is CC(C)(C)C(F)(CN)c1ccc(Cl)s1. The molecule has 0 bridgehead atoms. The summed E-state index contributed by atoms with van der Waals surface area (Å²) in [7, 11) is 0. The lowest BCUT2D eigenvalue weighted by Gasteiger charge is -2.36. The number of rotatable bonds is 2. The Balaban J connectivity index is 3.14. The first kappa shape index (κ1) is 12.0. The summed E-state index contributed by atoms with van der Waals surface area (Å²) in [6.45, 7) is 5.50. The second kappa shape index (κ2) is 3.80. The van der Waals surface area contributed by atoms with Crippen molar-refractivity contribution >= 4 is 22.9 Å². The number of hydrogen-bond donors (Lipinski definition) is 1. The summed E-state index contributed by atoms with van der Waals surface area (Å²) in [6, 6.07) is 3.42. The van der Waals surface area contributed by atoms with E-state index in [0.717, 1.165) is 0 Å². The predicted octanol–water partition coefficient (Wildman–Crippen LogP) is 3.57. The lowest BCUT2D eigenvalue weighted by Crippen LogP contribution is -2.41. The van der Waals surface area contributed by atoms with Crippen LogP contribution >= 0.6 is 22.9 Å². The van der Waals surface area contributed by atoms with Crippen LogP contribution in [-0.2, 0) is 5.67 Å². The van der Waals surface area contributed by atoms with E-state index in [9.17, 15) is 4.39 Å². The monoisotopic (exact) mass is 235 g/mol. The molecule has 0 radical (unpaired) electrons. The molecule has 1 unspecified atom stereocenters. The van der Waals surface area contributed by atoms with E-state index in [4.69, 9.17) is 17.3 Å². The summed E-state index contributed by atoms with van der Waals surface area (Å²) in [5.41, 5.74) is 3.51. The van der Waals surface area contributed by atoms with Crippen LogP contribution in [0.5, 0.6) is 0 Å². The van der Waals surface area contributed by atoms with Gasteiger partial charge in [-0.1, -0.05) is 32.4 Å². The highest BCUT2D eigenvalue weighted by Gasteiger charge is 2.43. The highest BCUT2D eigenvalue weighted by molar-refractivity contribution is 7.16. The highest BCUT2D eigenvalue weighted by atomic mass is 35.5. The molecule has 0 aliphatic heterocycles. The van der Waals surface area contributed by atoms with Crippen molar-refractivity contribution in [3.63, 3.8) is 0 Å². The fourth-order valence-corrected chi connectivity index (χ4v) is 2.65. The van der Waals surface area contributed by atoms with Gasteiger partial charge in [0.2, 0.25) is 0 Å². The molecule has 80 valence electrons. The molecule has 4 heteroatoms. The van der Waals surface area contributed by atoms with Gasteiger partial charge in [0.05, 0.1) is 4.34 Å². The zero-order valence-corrected chi connectivity index (χ0v) is 10.2. The molecule has 0 spiro atoms. The van der Waals surface area contributed by atoms with E-state index in [0.29, 0.717) is 9.21 Å². The van der Waals surface area contributed by atoms with Gasteiger partial charge in [-0.2, -0.15) is 0 Å². The second-order valence-corrected chi connectivity index (χ2v) is 6.07. The Morgan fingerprint density at radius 3 is 2.29 bits per heavy atom. The van der Waals surface area contributed by atoms with Crippen molar-refractivity contribution in [2.75, 3.05) is 6.54 Å². The molecular weight excluding hydrogens is 221 g/mol. The Morgan fingerprint density at radius 2 is 2.00 bits per heavy atom. The second-order valence-electron chi connectivity index (χ2n) is 4.36. The van der Waals surface area contributed by atoms with Crippen molar-refractivity contribution in [2.24, 2.45) is 11.1 Å². The van der Waals surface area contributed by atoms with Crippen molar-refractivity contribution < 1.29 is 4.39 Å². The van der Waals surface area contributed by atoms with Gasteiger partial charge in [-0.05, 0) is 12.1 Å². The molecule has 1 rings (SSSR count). The van der Waals surface area contributed by atoms with Gasteiger partial charge in [0.25, 0.3) is 0 Å². The van der Waals surface area contributed by atoms with Crippen LogP contribution in [0.15, 0.2) is 12.1 Å². The van der Waals surface area contributed by atoms with Crippen molar-refractivity contribution in [3.05, 3.63) is 21.3 Å². The molecule has 14 heavy (non-hydrogen) atoms. The first-order valence-corrected chi connectivity index (χ1v) is 5.65. The highest BCUT2D eigenvalue weighted by Crippen LogP contribution is 2.45. The van der Waals surface area contributed by atoms with Gasteiger partial charge < -0.3 is 5.73 Å². The molecule has 0 aliphatic rings. The molecule has 0 aromatic carbocycles. The van der Waals surface area contributed by atoms with E-state index in [-0.39, 0.29) is 6.54 Å². The number of hydrogen-bond acceptors (Lipinski definition) is 2. The molecule has 0 saturated heterocycles. The fourth-order valence-electron chi connectivity index (χ4n) is 1.30. The van der Waals surface area contributed by atoms with Crippen LogP contribution in [0.1, 0.15) is 25.6 Å². The van der Waals surface area contributed by atoms with Gasteiger partial charge in [0.1, 0.15) is 0 Å². The van der Waals surface area contributed by atoms with Crippen LogP contribution < -0.4 is 5.73 Å². The maximum Gasteiger partial charge on any atom is 0.161 e. The molecule has 2 N–H and O–H groups in total. The number of alkyl halides is 1. The van der Waals surface area contributed by atoms with Crippen LogP contribution in [0, 0.1) is 5.41 Å². The quantitative estimate of drug-likeness (QED) is 0.833. The van der Waals surface area contributed by atoms with Crippen molar-refractivity contribution in [3.8, 4) is 0 Å². The molecular formula is C10H15ClFNS. The van der Waals surface area contributed by atoms with Crippen molar-refractivity contribution in [1.29, 1.82) is 0 Å². The van der Waals surface area contributed by atoms with Crippen LogP contribution in [0.25, 0.3) is 0 Å². The zero-order chi connectivity index (χ0) is 11.0. The average molecular weight is 236 g/mol. The smallest absolute Gasteiger partial charge is 0.161 e. The lowest BCUT2D eigenvalue weighted by molar-refractivity contribution is 0.0380. The van der Waals surface area contributed by atoms with Gasteiger partial charge in [0, 0.05) is 16.8 Å². The van der Waals surface area contributed by atoms with Crippen LogP contribution in [0.2, 0.25) is 4.34 Å². The van der Waals surface area contributed by atoms with Crippen LogP contribution in [0.3, 0.4) is 0 Å². The van der Waals surface area contributed by atoms with E-state index in [1.807, 2.05) is 20.8 Å². The summed E-state index contributed by atoms with van der Waals surface area (Å²) in [6.07, 6.45) is 0. The van der Waals surface area contributed by atoms with E-state index in [1.165, 1.54) is 11.3 Å². The van der Waals surface area contributed by atoms with E-state index >= 15 is 0 Å². The molecule has 1 aromatic rings. The Kier molecular flexibility index (Phi) is 3.24. The summed E-state index contributed by atoms with van der Waals surface area (Å²) in [5, 5.41) is 0. The van der Waals surface area contributed by atoms with Gasteiger partial charge in [-0.25, -0.2) is 4.39 Å². The first-order valence-electron chi connectivity index (χ1n) is 4.46. The standard InChI is InChI=1S/C10H15ClFNS/c1-9(2,3)10(12,6-13)7-4-5-8(11)14-7/h4-5H,6,13H2,1-3H3. The van der Waals surface area contributed by atoms with E-state index < -0.39 is 11.1 Å². The van der Waals surface area contributed by atoms with Gasteiger partial charge in [-0.15, -0.1) is 11.3 Å². The third-order valence-electron chi connectivity index (χ3n) is 2.43. The molecule has 0 saturated carbocycles. The number of halogens is 2. The van der Waals surface area contributed by atoms with Crippen molar-refractivity contribution in [2.45, 2.75) is 26.4 Å². The maximum atomic E-state index is 14.6. The Labute approximate surface area is 93.1 Å². The number of thiophene rings is 1. The largest absolute Gasteiger partial charge is 0.327 e. The first-order chi connectivity index (χ1) is 6.31. The Morgan fingerprint density at radius 1 is 1.43 bits per heavy atom. The van der Waals surface area contributed by atoms with E-state index in [2.05, 4.69) is 0 Å². The predicted molar refractivity (Wildman–Crippen MR) is 60.6 cm³/mol. The summed E-state index contributed by atoms with van der Waals surface area (Å²) >= 11 is 7.04. The summed E-state index contributed by atoms with van der Waals surface area (Å²) in [5.74, 6) is 0. The van der Waals surface area contributed by atoms with Crippen molar-refractivity contribution in [1.82, 2.24) is 0 Å². The molecule has 0 fully saturated rings. The minimum absolute atomic E-state index is 0.0205. The third-order valence-corrected chi connectivity index (χ3v) is 3.80. The van der Waals surface area contributed by atoms with Gasteiger partial charge >= 0.3 is 0 Å². The third kappa shape index (κ3) is 1.95. The number of nitrogens with two attached hydrogens (primary N) is 1. The Hall–Kier alpha value is -0.120. The Bertz CT molecular complexity index is 318. The molecule has 1 atom stereocenters. The molecule has 1 aromatic heterocycles. The minimum atomic E-state index is -1.50. The molecule has 1 heterocycles. The molecule has 0 amide bonds.